The molecule has 1 aliphatic carbocycles. The van der Waals surface area contributed by atoms with Crippen molar-refractivity contribution in [3.63, 3.8) is 0 Å². The first-order valence-corrected chi connectivity index (χ1v) is 11.3. The Kier molecular flexibility index (Phi) is 5.72. The van der Waals surface area contributed by atoms with Gasteiger partial charge in [-0.1, -0.05) is 6.07 Å². The summed E-state index contributed by atoms with van der Waals surface area (Å²) in [6, 6.07) is 5.00. The molecule has 0 radical (unpaired) electrons. The average Bonchev–Trinajstić information content (AvgIpc) is 3.40. The minimum absolute atomic E-state index is 0.107. The summed E-state index contributed by atoms with van der Waals surface area (Å²) in [5.74, 6) is 0.185. The highest BCUT2D eigenvalue weighted by atomic mass is 16.5. The van der Waals surface area contributed by atoms with Gasteiger partial charge in [-0.05, 0) is 37.5 Å². The predicted octanol–water partition coefficient (Wildman–Crippen LogP) is 2.59. The summed E-state index contributed by atoms with van der Waals surface area (Å²) < 4.78 is 12.5. The van der Waals surface area contributed by atoms with Crippen LogP contribution in [0.25, 0.3) is 11.0 Å². The molecule has 1 saturated heterocycles. The third-order valence-corrected chi connectivity index (χ3v) is 6.41. The van der Waals surface area contributed by atoms with Gasteiger partial charge in [-0.15, -0.1) is 0 Å². The third kappa shape index (κ3) is 3.93. The van der Waals surface area contributed by atoms with E-state index in [1.807, 2.05) is 19.1 Å². The van der Waals surface area contributed by atoms with Crippen molar-refractivity contribution in [3.8, 4) is 5.75 Å². The number of pyridine rings is 1. The second-order valence-corrected chi connectivity index (χ2v) is 8.39. The van der Waals surface area contributed by atoms with Crippen molar-refractivity contribution in [2.45, 2.75) is 44.8 Å². The van der Waals surface area contributed by atoms with Crippen LogP contribution >= 0.6 is 0 Å². The molecule has 0 saturated carbocycles. The largest absolute Gasteiger partial charge is 0.497 e. The van der Waals surface area contributed by atoms with Crippen molar-refractivity contribution in [2.24, 2.45) is 0 Å². The molecule has 3 heterocycles. The lowest BCUT2D eigenvalue weighted by molar-refractivity contribution is 0.0867. The Labute approximate surface area is 191 Å². The molecule has 0 spiro atoms. The molecule has 172 valence electrons. The van der Waals surface area contributed by atoms with Crippen molar-refractivity contribution in [3.05, 3.63) is 47.3 Å². The third-order valence-electron chi connectivity index (χ3n) is 6.41. The lowest BCUT2D eigenvalue weighted by Crippen LogP contribution is -2.39. The van der Waals surface area contributed by atoms with Gasteiger partial charge in [0.05, 0.1) is 36.0 Å². The molecule has 2 aromatic heterocycles. The van der Waals surface area contributed by atoms with Crippen LogP contribution in [0.4, 0.5) is 5.69 Å². The van der Waals surface area contributed by atoms with Gasteiger partial charge < -0.3 is 20.1 Å². The minimum Gasteiger partial charge on any atom is -0.497 e. The van der Waals surface area contributed by atoms with Gasteiger partial charge in [0.1, 0.15) is 5.75 Å². The maximum atomic E-state index is 13.4. The van der Waals surface area contributed by atoms with E-state index >= 15 is 0 Å². The number of hydrogen-bond donors (Lipinski definition) is 2. The first-order chi connectivity index (χ1) is 16.1. The van der Waals surface area contributed by atoms with E-state index in [9.17, 15) is 9.59 Å². The summed E-state index contributed by atoms with van der Waals surface area (Å²) >= 11 is 0. The number of carbonyl (C=O) groups is 2. The molecule has 1 aromatic carbocycles. The van der Waals surface area contributed by atoms with Crippen molar-refractivity contribution in [1.29, 1.82) is 0 Å². The van der Waals surface area contributed by atoms with E-state index in [2.05, 4.69) is 20.7 Å². The molecule has 9 nitrogen and oxygen atoms in total. The quantitative estimate of drug-likeness (QED) is 0.596. The Bertz CT molecular complexity index is 1220. The average molecular weight is 450 g/mol. The Morgan fingerprint density at radius 2 is 2.09 bits per heavy atom. The highest BCUT2D eigenvalue weighted by molar-refractivity contribution is 6.11. The van der Waals surface area contributed by atoms with Crippen LogP contribution in [0.3, 0.4) is 0 Å². The van der Waals surface area contributed by atoms with Crippen molar-refractivity contribution < 1.29 is 19.1 Å². The van der Waals surface area contributed by atoms with Gasteiger partial charge in [0.2, 0.25) is 0 Å². The molecule has 33 heavy (non-hydrogen) atoms. The summed E-state index contributed by atoms with van der Waals surface area (Å²) in [5.41, 5.74) is 3.34. The number of aryl methyl sites for hydroxylation is 1. The molecule has 3 aromatic rings. The van der Waals surface area contributed by atoms with Gasteiger partial charge in [0.25, 0.3) is 5.91 Å². The summed E-state index contributed by atoms with van der Waals surface area (Å²) in [6.45, 7) is 4.04. The number of ether oxygens (including phenoxy) is 2. The van der Waals surface area contributed by atoms with Crippen LogP contribution in [0, 0.1) is 0 Å². The fraction of sp³-hybridized carbons (Fsp3) is 0.417. The van der Waals surface area contributed by atoms with Gasteiger partial charge in [-0.25, -0.2) is 9.67 Å². The highest BCUT2D eigenvalue weighted by Crippen LogP contribution is 2.30. The van der Waals surface area contributed by atoms with E-state index in [1.54, 1.807) is 30.3 Å². The molecule has 1 amide bonds. The molecular formula is C24H27N5O4. The molecule has 0 bridgehead atoms. The van der Waals surface area contributed by atoms with Gasteiger partial charge in [-0.3, -0.25) is 9.59 Å². The second-order valence-electron chi connectivity index (χ2n) is 8.39. The second kappa shape index (κ2) is 8.82. The Hall–Kier alpha value is -3.46. The SMILES string of the molecule is CCn1ncc2c(NC3CCOCC3)c(C(=O)NC3Cc4ccc(OC)cc4C3=O)cnc21. The number of ketones is 1. The molecule has 2 N–H and O–H groups in total. The number of nitrogens with one attached hydrogen (secondary N) is 2. The number of hydrogen-bond acceptors (Lipinski definition) is 7. The highest BCUT2D eigenvalue weighted by Gasteiger charge is 2.33. The molecule has 1 aliphatic heterocycles. The number of carbonyl (C=O) groups excluding carboxylic acids is 2. The van der Waals surface area contributed by atoms with Gasteiger partial charge in [-0.2, -0.15) is 5.10 Å². The maximum Gasteiger partial charge on any atom is 0.255 e. The minimum atomic E-state index is -0.621. The number of Topliss-reactive ketones (excluding diaryl/α,β-unsaturated/α-hetero) is 1. The van der Waals surface area contributed by atoms with Crippen LogP contribution < -0.4 is 15.4 Å². The number of benzene rings is 1. The van der Waals surface area contributed by atoms with Crippen molar-refractivity contribution in [1.82, 2.24) is 20.1 Å². The molecule has 9 heteroatoms. The van der Waals surface area contributed by atoms with Crippen molar-refractivity contribution >= 4 is 28.4 Å². The van der Waals surface area contributed by atoms with Crippen LogP contribution in [0.15, 0.2) is 30.6 Å². The van der Waals surface area contributed by atoms with Crippen LogP contribution in [0.1, 0.15) is 46.0 Å². The zero-order chi connectivity index (χ0) is 22.9. The normalized spacial score (nSPS) is 18.4. The maximum absolute atomic E-state index is 13.4. The number of fused-ring (bicyclic) bond motifs is 2. The van der Waals surface area contributed by atoms with Crippen LogP contribution in [-0.4, -0.2) is 58.9 Å². The number of rotatable bonds is 6. The number of amides is 1. The lowest BCUT2D eigenvalue weighted by Gasteiger charge is -2.25. The summed E-state index contributed by atoms with van der Waals surface area (Å²) in [7, 11) is 1.57. The van der Waals surface area contributed by atoms with Gasteiger partial charge in [0, 0.05) is 44.0 Å². The Morgan fingerprint density at radius 3 is 2.85 bits per heavy atom. The number of anilines is 1. The number of aromatic nitrogens is 3. The van der Waals surface area contributed by atoms with E-state index in [0.29, 0.717) is 48.7 Å². The smallest absolute Gasteiger partial charge is 0.255 e. The number of methoxy groups -OCH3 is 1. The molecular weight excluding hydrogens is 422 g/mol. The molecule has 1 atom stereocenters. The standard InChI is InChI=1S/C24H27N5O4/c1-3-29-23-18(13-26-29)21(27-15-6-8-33-9-7-15)19(12-25-23)24(31)28-20-10-14-4-5-16(32-2)11-17(14)22(20)30/h4-5,11-13,15,20H,3,6-10H2,1-2H3,(H,25,27)(H,28,31). The predicted molar refractivity (Wildman–Crippen MR) is 123 cm³/mol. The van der Waals surface area contributed by atoms with E-state index in [4.69, 9.17) is 9.47 Å². The fourth-order valence-corrected chi connectivity index (χ4v) is 4.57. The molecule has 5 rings (SSSR count). The van der Waals surface area contributed by atoms with E-state index in [1.165, 1.54) is 0 Å². The lowest BCUT2D eigenvalue weighted by atomic mass is 10.1. The first-order valence-electron chi connectivity index (χ1n) is 11.3. The van der Waals surface area contributed by atoms with Gasteiger partial charge >= 0.3 is 0 Å². The monoisotopic (exact) mass is 449 g/mol. The Morgan fingerprint density at radius 1 is 1.27 bits per heavy atom. The van der Waals surface area contributed by atoms with Gasteiger partial charge in [0.15, 0.2) is 11.4 Å². The van der Waals surface area contributed by atoms with Crippen LogP contribution in [-0.2, 0) is 17.7 Å². The Balaban J connectivity index is 1.44. The van der Waals surface area contributed by atoms with Crippen LogP contribution in [0.2, 0.25) is 0 Å². The number of nitrogens with zero attached hydrogens (tertiary/aromatic N) is 3. The first kappa shape index (κ1) is 21.4. The van der Waals surface area contributed by atoms with E-state index in [0.717, 1.165) is 29.4 Å². The molecule has 1 fully saturated rings. The summed E-state index contributed by atoms with van der Waals surface area (Å²) in [4.78, 5) is 30.9. The van der Waals surface area contributed by atoms with E-state index in [-0.39, 0.29) is 17.7 Å². The van der Waals surface area contributed by atoms with Crippen LogP contribution in [0.5, 0.6) is 5.75 Å². The summed E-state index contributed by atoms with van der Waals surface area (Å²) in [5, 5.41) is 11.7. The van der Waals surface area contributed by atoms with E-state index < -0.39 is 6.04 Å². The zero-order valence-corrected chi connectivity index (χ0v) is 18.8. The topological polar surface area (TPSA) is 107 Å². The molecule has 1 unspecified atom stereocenters. The summed E-state index contributed by atoms with van der Waals surface area (Å²) in [6.07, 6.45) is 5.47. The van der Waals surface area contributed by atoms with Crippen molar-refractivity contribution in [2.75, 3.05) is 25.6 Å². The zero-order valence-electron chi connectivity index (χ0n) is 18.8. The molecule has 2 aliphatic rings. The fourth-order valence-electron chi connectivity index (χ4n) is 4.57.